The van der Waals surface area contributed by atoms with Crippen molar-refractivity contribution in [2.75, 3.05) is 34.0 Å². The minimum absolute atomic E-state index is 0.0908. The standard InChI is InChI=1S/C29H32FNO6/c1-5-36-11-12-37-29(33)26-17(2)31-22-14-20(18-9-10-24(34-3)25(16-18)35-4)15-23(32)28(22)27(26)19-7-6-8-21(30)13-19/h6-10,13,16,20,26-27H,5,11-12,14-15H2,1-4H3/t20-,26?,27-/m0/s1. The van der Waals surface area contributed by atoms with Crippen LogP contribution in [0.5, 0.6) is 11.5 Å². The molecule has 2 aliphatic rings. The zero-order chi connectivity index (χ0) is 26.5. The first-order valence-corrected chi connectivity index (χ1v) is 12.4. The first kappa shape index (κ1) is 26.5. The van der Waals surface area contributed by atoms with E-state index in [4.69, 9.17) is 23.9 Å². The Morgan fingerprint density at radius 2 is 1.81 bits per heavy atom. The molecular formula is C29H32FNO6. The maximum atomic E-state index is 14.3. The quantitative estimate of drug-likeness (QED) is 0.350. The van der Waals surface area contributed by atoms with Crippen LogP contribution < -0.4 is 9.47 Å². The number of carbonyl (C=O) groups excluding carboxylic acids is 2. The molecule has 1 unspecified atom stereocenters. The summed E-state index contributed by atoms with van der Waals surface area (Å²) < 4.78 is 35.8. The molecule has 4 rings (SSSR count). The van der Waals surface area contributed by atoms with Gasteiger partial charge in [0.25, 0.3) is 0 Å². The fraction of sp³-hybridized carbons (Fsp3) is 0.414. The van der Waals surface area contributed by atoms with E-state index in [9.17, 15) is 14.0 Å². The number of esters is 1. The Labute approximate surface area is 216 Å². The summed E-state index contributed by atoms with van der Waals surface area (Å²) in [5.41, 5.74) is 3.10. The zero-order valence-corrected chi connectivity index (χ0v) is 21.6. The van der Waals surface area contributed by atoms with Crippen molar-refractivity contribution in [1.29, 1.82) is 0 Å². The topological polar surface area (TPSA) is 83.4 Å². The average molecular weight is 510 g/mol. The Balaban J connectivity index is 1.71. The predicted molar refractivity (Wildman–Crippen MR) is 137 cm³/mol. The lowest BCUT2D eigenvalue weighted by molar-refractivity contribution is -0.148. The smallest absolute Gasteiger partial charge is 0.315 e. The highest BCUT2D eigenvalue weighted by Gasteiger charge is 2.45. The van der Waals surface area contributed by atoms with Gasteiger partial charge in [-0.1, -0.05) is 18.2 Å². The lowest BCUT2D eigenvalue weighted by atomic mass is 9.69. The van der Waals surface area contributed by atoms with Gasteiger partial charge in [0, 0.05) is 35.9 Å². The summed E-state index contributed by atoms with van der Waals surface area (Å²) >= 11 is 0. The Bertz CT molecular complexity index is 1240. The second kappa shape index (κ2) is 11.7. The molecule has 0 N–H and O–H groups in total. The van der Waals surface area contributed by atoms with Crippen LogP contribution in [0, 0.1) is 11.7 Å². The first-order chi connectivity index (χ1) is 17.9. The van der Waals surface area contributed by atoms with Crippen LogP contribution >= 0.6 is 0 Å². The van der Waals surface area contributed by atoms with Gasteiger partial charge >= 0.3 is 5.97 Å². The van der Waals surface area contributed by atoms with Crippen molar-refractivity contribution in [2.45, 2.75) is 38.5 Å². The molecule has 0 amide bonds. The summed E-state index contributed by atoms with van der Waals surface area (Å²) in [6.07, 6.45) is 0.743. The molecule has 37 heavy (non-hydrogen) atoms. The molecule has 1 aliphatic carbocycles. The molecule has 8 heteroatoms. The summed E-state index contributed by atoms with van der Waals surface area (Å²) in [5, 5.41) is 0. The van der Waals surface area contributed by atoms with E-state index in [0.29, 0.717) is 47.1 Å². The highest BCUT2D eigenvalue weighted by atomic mass is 19.1. The number of hydrogen-bond acceptors (Lipinski definition) is 7. The Morgan fingerprint density at radius 1 is 1.03 bits per heavy atom. The molecule has 0 saturated heterocycles. The number of carbonyl (C=O) groups is 2. The van der Waals surface area contributed by atoms with E-state index in [0.717, 1.165) is 5.56 Å². The van der Waals surface area contributed by atoms with Crippen LogP contribution in [0.25, 0.3) is 0 Å². The van der Waals surface area contributed by atoms with E-state index in [1.54, 1.807) is 33.3 Å². The molecule has 1 aliphatic heterocycles. The van der Waals surface area contributed by atoms with Crippen LogP contribution in [0.15, 0.2) is 58.7 Å². The van der Waals surface area contributed by atoms with Crippen molar-refractivity contribution in [3.63, 3.8) is 0 Å². The van der Waals surface area contributed by atoms with E-state index in [2.05, 4.69) is 0 Å². The van der Waals surface area contributed by atoms with Gasteiger partial charge in [-0.15, -0.1) is 0 Å². The Morgan fingerprint density at radius 3 is 2.51 bits per heavy atom. The fourth-order valence-electron chi connectivity index (χ4n) is 5.20. The first-order valence-electron chi connectivity index (χ1n) is 12.4. The van der Waals surface area contributed by atoms with Crippen molar-refractivity contribution in [3.8, 4) is 11.5 Å². The predicted octanol–water partition coefficient (Wildman–Crippen LogP) is 5.00. The lowest BCUT2D eigenvalue weighted by Gasteiger charge is -2.36. The number of hydrogen-bond donors (Lipinski definition) is 0. The fourth-order valence-corrected chi connectivity index (χ4v) is 5.20. The molecule has 1 heterocycles. The van der Waals surface area contributed by atoms with Crippen molar-refractivity contribution >= 4 is 17.5 Å². The SMILES string of the molecule is CCOCCOC(=O)C1C(C)=NC2=C(C(=O)C[C@@H](c3ccc(OC)c(OC)c3)C2)[C@H]1c1cccc(F)c1. The van der Waals surface area contributed by atoms with Crippen molar-refractivity contribution in [2.24, 2.45) is 10.9 Å². The van der Waals surface area contributed by atoms with Gasteiger partial charge in [-0.25, -0.2) is 4.39 Å². The largest absolute Gasteiger partial charge is 0.493 e. The van der Waals surface area contributed by atoms with Gasteiger partial charge in [0.2, 0.25) is 0 Å². The minimum atomic E-state index is -0.830. The van der Waals surface area contributed by atoms with Gasteiger partial charge in [0.15, 0.2) is 17.3 Å². The second-order valence-corrected chi connectivity index (χ2v) is 9.13. The number of benzene rings is 2. The molecule has 0 spiro atoms. The van der Waals surface area contributed by atoms with Crippen LogP contribution in [-0.2, 0) is 19.1 Å². The van der Waals surface area contributed by atoms with Crippen LogP contribution in [0.4, 0.5) is 4.39 Å². The number of aliphatic imine (C=N–C) groups is 1. The van der Waals surface area contributed by atoms with Crippen LogP contribution in [0.1, 0.15) is 49.7 Å². The van der Waals surface area contributed by atoms with Crippen LogP contribution in [0.3, 0.4) is 0 Å². The molecule has 0 aromatic heterocycles. The number of allylic oxidation sites excluding steroid dienone is 2. The number of nitrogens with zero attached hydrogens (tertiary/aromatic N) is 1. The van der Waals surface area contributed by atoms with Crippen molar-refractivity contribution in [1.82, 2.24) is 0 Å². The molecular weight excluding hydrogens is 477 g/mol. The third kappa shape index (κ3) is 5.59. The highest BCUT2D eigenvalue weighted by Crippen LogP contribution is 2.47. The van der Waals surface area contributed by atoms with E-state index >= 15 is 0 Å². The lowest BCUT2D eigenvalue weighted by Crippen LogP contribution is -2.38. The average Bonchev–Trinajstić information content (AvgIpc) is 2.89. The van der Waals surface area contributed by atoms with Gasteiger partial charge in [0.1, 0.15) is 18.3 Å². The number of Topliss-reactive ketones (excluding diaryl/α,β-unsaturated/α-hetero) is 1. The number of ketones is 1. The molecule has 196 valence electrons. The molecule has 0 saturated carbocycles. The van der Waals surface area contributed by atoms with Crippen molar-refractivity contribution in [3.05, 3.63) is 70.7 Å². The van der Waals surface area contributed by atoms with E-state index in [-0.39, 0.29) is 31.3 Å². The van der Waals surface area contributed by atoms with E-state index in [1.807, 2.05) is 25.1 Å². The monoisotopic (exact) mass is 509 g/mol. The summed E-state index contributed by atoms with van der Waals surface area (Å²) in [4.78, 5) is 31.7. The second-order valence-electron chi connectivity index (χ2n) is 9.13. The molecule has 7 nitrogen and oxygen atoms in total. The molecule has 2 aromatic carbocycles. The summed E-state index contributed by atoms with van der Waals surface area (Å²) in [6, 6.07) is 11.7. The maximum absolute atomic E-state index is 14.3. The third-order valence-electron chi connectivity index (χ3n) is 6.91. The summed E-state index contributed by atoms with van der Waals surface area (Å²) in [6.45, 7) is 4.50. The van der Waals surface area contributed by atoms with Gasteiger partial charge in [-0.2, -0.15) is 0 Å². The molecule has 2 aromatic rings. The van der Waals surface area contributed by atoms with Crippen molar-refractivity contribution < 1.29 is 32.9 Å². The van der Waals surface area contributed by atoms with Gasteiger partial charge in [0.05, 0.1) is 20.8 Å². The van der Waals surface area contributed by atoms with Gasteiger partial charge < -0.3 is 18.9 Å². The normalized spacial score (nSPS) is 21.3. The number of halogens is 1. The maximum Gasteiger partial charge on any atom is 0.315 e. The molecule has 0 fully saturated rings. The molecule has 0 bridgehead atoms. The molecule has 3 atom stereocenters. The number of rotatable bonds is 9. The number of methoxy groups -OCH3 is 2. The number of ether oxygens (including phenoxy) is 4. The third-order valence-corrected chi connectivity index (χ3v) is 6.91. The van der Waals surface area contributed by atoms with E-state index < -0.39 is 23.6 Å². The highest BCUT2D eigenvalue weighted by molar-refractivity contribution is 6.09. The summed E-state index contributed by atoms with van der Waals surface area (Å²) in [7, 11) is 3.14. The van der Waals surface area contributed by atoms with Crippen LogP contribution in [0.2, 0.25) is 0 Å². The Hall–Kier alpha value is -3.52. The molecule has 0 radical (unpaired) electrons. The zero-order valence-electron chi connectivity index (χ0n) is 21.6. The van der Waals surface area contributed by atoms with Gasteiger partial charge in [-0.3, -0.25) is 14.6 Å². The minimum Gasteiger partial charge on any atom is -0.493 e. The van der Waals surface area contributed by atoms with Crippen LogP contribution in [-0.4, -0.2) is 51.5 Å². The summed E-state index contributed by atoms with van der Waals surface area (Å²) in [5.74, 6) is -1.49. The van der Waals surface area contributed by atoms with E-state index in [1.165, 1.54) is 12.1 Å². The Kier molecular flexibility index (Phi) is 8.38. The van der Waals surface area contributed by atoms with Gasteiger partial charge in [-0.05, 0) is 61.6 Å².